The van der Waals surface area contributed by atoms with E-state index in [0.29, 0.717) is 52.6 Å². The summed E-state index contributed by atoms with van der Waals surface area (Å²) < 4.78 is 0. The molecule has 2 amide bonds. The maximum atomic E-state index is 12.6. The lowest BCUT2D eigenvalue weighted by Gasteiger charge is -2.35. The largest absolute Gasteiger partial charge is 0.352 e. The number of hydrogen-bond donors (Lipinski definition) is 1. The third-order valence-corrected chi connectivity index (χ3v) is 6.13. The van der Waals surface area contributed by atoms with Crippen LogP contribution in [0.3, 0.4) is 0 Å². The Kier molecular flexibility index (Phi) is 6.51. The summed E-state index contributed by atoms with van der Waals surface area (Å²) in [5.41, 5.74) is 3.12. The summed E-state index contributed by atoms with van der Waals surface area (Å²) in [5.74, 6) is 0.763. The van der Waals surface area contributed by atoms with Gasteiger partial charge in [0, 0.05) is 47.5 Å². The second-order valence-corrected chi connectivity index (χ2v) is 8.52. The van der Waals surface area contributed by atoms with Crippen LogP contribution in [0.5, 0.6) is 0 Å². The van der Waals surface area contributed by atoms with Gasteiger partial charge in [-0.25, -0.2) is 4.79 Å². The number of benzene rings is 2. The molecule has 0 aliphatic carbocycles. The van der Waals surface area contributed by atoms with E-state index in [1.807, 2.05) is 37.3 Å². The molecule has 3 aromatic rings. The van der Waals surface area contributed by atoms with Gasteiger partial charge in [0.2, 0.25) is 0 Å². The van der Waals surface area contributed by atoms with Crippen LogP contribution in [0.2, 0.25) is 15.1 Å². The Morgan fingerprint density at radius 1 is 0.903 bits per heavy atom. The summed E-state index contributed by atoms with van der Waals surface area (Å²) in [6.07, 6.45) is 0. The molecule has 1 aromatic heterocycles. The molecule has 0 radical (unpaired) electrons. The van der Waals surface area contributed by atoms with E-state index in [4.69, 9.17) is 34.8 Å². The Bertz CT molecular complexity index is 1100. The fraction of sp³-hybridized carbons (Fsp3) is 0.227. The van der Waals surface area contributed by atoms with Crippen molar-refractivity contribution in [1.29, 1.82) is 0 Å². The van der Waals surface area contributed by atoms with E-state index in [9.17, 15) is 4.79 Å². The number of urea groups is 1. The number of halogens is 3. The van der Waals surface area contributed by atoms with Crippen molar-refractivity contribution in [2.75, 3.05) is 36.4 Å². The zero-order valence-corrected chi connectivity index (χ0v) is 19.0. The van der Waals surface area contributed by atoms with Crippen LogP contribution in [0.1, 0.15) is 5.56 Å². The van der Waals surface area contributed by atoms with E-state index in [1.54, 1.807) is 23.1 Å². The van der Waals surface area contributed by atoms with Crippen LogP contribution < -0.4 is 10.2 Å². The van der Waals surface area contributed by atoms with Gasteiger partial charge in [-0.05, 0) is 55.0 Å². The molecule has 1 aliphatic rings. The second kappa shape index (κ2) is 9.30. The van der Waals surface area contributed by atoms with Crippen molar-refractivity contribution < 1.29 is 4.79 Å². The van der Waals surface area contributed by atoms with Gasteiger partial charge in [0.25, 0.3) is 0 Å². The first kappa shape index (κ1) is 21.7. The normalized spacial score (nSPS) is 13.9. The van der Waals surface area contributed by atoms with Gasteiger partial charge in [0.05, 0.1) is 10.7 Å². The summed E-state index contributed by atoms with van der Waals surface area (Å²) in [6.45, 7) is 4.41. The molecule has 4 rings (SSSR count). The third-order valence-electron chi connectivity index (χ3n) is 5.17. The van der Waals surface area contributed by atoms with Crippen LogP contribution in [0.4, 0.5) is 16.3 Å². The number of hydrogen-bond acceptors (Lipinski definition) is 4. The zero-order chi connectivity index (χ0) is 22.0. The molecule has 1 saturated heterocycles. The van der Waals surface area contributed by atoms with Crippen molar-refractivity contribution >= 4 is 52.3 Å². The monoisotopic (exact) mass is 475 g/mol. The molecule has 31 heavy (non-hydrogen) atoms. The van der Waals surface area contributed by atoms with Crippen molar-refractivity contribution in [3.8, 4) is 11.3 Å². The van der Waals surface area contributed by atoms with Gasteiger partial charge in [-0.3, -0.25) is 0 Å². The lowest BCUT2D eigenvalue weighted by Crippen LogP contribution is -2.50. The highest BCUT2D eigenvalue weighted by molar-refractivity contribution is 6.36. The number of anilines is 2. The molecular weight excluding hydrogens is 457 g/mol. The Morgan fingerprint density at radius 2 is 1.68 bits per heavy atom. The predicted molar refractivity (Wildman–Crippen MR) is 126 cm³/mol. The van der Waals surface area contributed by atoms with Gasteiger partial charge >= 0.3 is 6.03 Å². The minimum Gasteiger partial charge on any atom is -0.352 e. The number of piperazine rings is 1. The zero-order valence-electron chi connectivity index (χ0n) is 16.8. The maximum absolute atomic E-state index is 12.6. The van der Waals surface area contributed by atoms with E-state index in [2.05, 4.69) is 20.4 Å². The van der Waals surface area contributed by atoms with E-state index in [1.165, 1.54) is 0 Å². The van der Waals surface area contributed by atoms with Crippen molar-refractivity contribution in [2.24, 2.45) is 0 Å². The van der Waals surface area contributed by atoms with Gasteiger partial charge in [0.15, 0.2) is 5.82 Å². The minimum absolute atomic E-state index is 0.140. The average molecular weight is 477 g/mol. The summed E-state index contributed by atoms with van der Waals surface area (Å²) >= 11 is 18.4. The molecule has 0 atom stereocenters. The van der Waals surface area contributed by atoms with E-state index in [-0.39, 0.29) is 6.03 Å². The predicted octanol–water partition coefficient (Wildman–Crippen LogP) is 5.77. The third kappa shape index (κ3) is 5.03. The number of carbonyl (C=O) groups excluding carboxylic acids is 1. The van der Waals surface area contributed by atoms with Gasteiger partial charge in [-0.1, -0.05) is 40.9 Å². The number of nitrogens with one attached hydrogen (secondary N) is 1. The molecule has 2 aromatic carbocycles. The standard InChI is InChI=1S/C22H20Cl3N5O/c1-14-2-4-16(13-18(14)24)26-22(31)30-10-8-29(9-11-30)21-7-6-20(27-28-21)17-5-3-15(23)12-19(17)25/h2-7,12-13H,8-11H2,1H3,(H,26,31). The lowest BCUT2D eigenvalue weighted by molar-refractivity contribution is 0.208. The fourth-order valence-corrected chi connectivity index (χ4v) is 4.03. The average Bonchev–Trinajstić information content (AvgIpc) is 2.77. The van der Waals surface area contributed by atoms with E-state index < -0.39 is 0 Å². The van der Waals surface area contributed by atoms with Crippen LogP contribution in [0.15, 0.2) is 48.5 Å². The number of amides is 2. The Hall–Kier alpha value is -2.54. The first-order valence-corrected chi connectivity index (χ1v) is 10.9. The fourth-order valence-electron chi connectivity index (χ4n) is 3.35. The van der Waals surface area contributed by atoms with Gasteiger partial charge in [0.1, 0.15) is 0 Å². The summed E-state index contributed by atoms with van der Waals surface area (Å²) in [5, 5.41) is 13.3. The van der Waals surface area contributed by atoms with Gasteiger partial charge in [-0.2, -0.15) is 0 Å². The van der Waals surface area contributed by atoms with Crippen LogP contribution in [-0.2, 0) is 0 Å². The lowest BCUT2D eigenvalue weighted by atomic mass is 10.1. The molecule has 0 saturated carbocycles. The van der Waals surface area contributed by atoms with Crippen LogP contribution in [-0.4, -0.2) is 47.3 Å². The summed E-state index contributed by atoms with van der Waals surface area (Å²) in [6, 6.07) is 14.4. The summed E-state index contributed by atoms with van der Waals surface area (Å²) in [7, 11) is 0. The highest BCUT2D eigenvalue weighted by Gasteiger charge is 2.22. The molecule has 0 bridgehead atoms. The first-order valence-electron chi connectivity index (χ1n) is 9.77. The molecule has 2 heterocycles. The molecular formula is C22H20Cl3N5O. The molecule has 1 N–H and O–H groups in total. The van der Waals surface area contributed by atoms with Crippen LogP contribution >= 0.6 is 34.8 Å². The highest BCUT2D eigenvalue weighted by Crippen LogP contribution is 2.29. The minimum atomic E-state index is -0.140. The Balaban J connectivity index is 1.36. The molecule has 0 unspecified atom stereocenters. The Morgan fingerprint density at radius 3 is 2.32 bits per heavy atom. The summed E-state index contributed by atoms with van der Waals surface area (Å²) in [4.78, 5) is 16.4. The van der Waals surface area contributed by atoms with Crippen molar-refractivity contribution in [2.45, 2.75) is 6.92 Å². The quantitative estimate of drug-likeness (QED) is 0.521. The number of aryl methyl sites for hydroxylation is 1. The van der Waals surface area contributed by atoms with E-state index >= 15 is 0 Å². The number of nitrogens with zero attached hydrogens (tertiary/aromatic N) is 4. The first-order chi connectivity index (χ1) is 14.9. The van der Waals surface area contributed by atoms with Gasteiger partial charge < -0.3 is 15.1 Å². The van der Waals surface area contributed by atoms with Crippen LogP contribution in [0.25, 0.3) is 11.3 Å². The highest BCUT2D eigenvalue weighted by atomic mass is 35.5. The molecule has 160 valence electrons. The second-order valence-electron chi connectivity index (χ2n) is 7.27. The SMILES string of the molecule is Cc1ccc(NC(=O)N2CCN(c3ccc(-c4ccc(Cl)cc4Cl)nn3)CC2)cc1Cl. The smallest absolute Gasteiger partial charge is 0.321 e. The van der Waals surface area contributed by atoms with Crippen molar-refractivity contribution in [3.63, 3.8) is 0 Å². The molecule has 0 spiro atoms. The topological polar surface area (TPSA) is 61.4 Å². The number of rotatable bonds is 3. The van der Waals surface area contributed by atoms with Crippen LogP contribution in [0, 0.1) is 6.92 Å². The molecule has 1 aliphatic heterocycles. The van der Waals surface area contributed by atoms with E-state index in [0.717, 1.165) is 16.9 Å². The maximum Gasteiger partial charge on any atom is 0.321 e. The number of carbonyl (C=O) groups is 1. The number of aromatic nitrogens is 2. The van der Waals surface area contributed by atoms with Crippen molar-refractivity contribution in [1.82, 2.24) is 15.1 Å². The van der Waals surface area contributed by atoms with Crippen molar-refractivity contribution in [3.05, 3.63) is 69.2 Å². The van der Waals surface area contributed by atoms with Gasteiger partial charge in [-0.15, -0.1) is 10.2 Å². The molecule has 6 nitrogen and oxygen atoms in total. The molecule has 1 fully saturated rings. The molecule has 9 heteroatoms. The Labute approximate surface area is 195 Å².